The summed E-state index contributed by atoms with van der Waals surface area (Å²) in [5, 5.41) is 0.710. The van der Waals surface area contributed by atoms with Crippen molar-refractivity contribution < 1.29 is 18.7 Å². The predicted octanol–water partition coefficient (Wildman–Crippen LogP) is 5.08. The fraction of sp³-hybridized carbons (Fsp3) is 0.238. The van der Waals surface area contributed by atoms with Gasteiger partial charge in [0, 0.05) is 37.0 Å². The highest BCUT2D eigenvalue weighted by atomic mass is 127. The molecule has 0 bridgehead atoms. The van der Waals surface area contributed by atoms with Gasteiger partial charge in [0.1, 0.15) is 17.1 Å². The van der Waals surface area contributed by atoms with Gasteiger partial charge in [-0.15, -0.1) is 0 Å². The van der Waals surface area contributed by atoms with E-state index >= 15 is 0 Å². The first kappa shape index (κ1) is 21.1. The number of fused-ring (bicyclic) bond motifs is 1. The van der Waals surface area contributed by atoms with Crippen molar-refractivity contribution >= 4 is 67.8 Å². The van der Waals surface area contributed by atoms with Gasteiger partial charge in [-0.05, 0) is 81.9 Å². The maximum Gasteiger partial charge on any atom is 0.217 e. The number of rotatable bonds is 8. The highest BCUT2D eigenvalue weighted by Gasteiger charge is 2.23. The zero-order chi connectivity index (χ0) is 20.3. The molecule has 0 saturated heterocycles. The molecule has 0 radical (unpaired) electrons. The quantitative estimate of drug-likeness (QED) is 0.288. The second-order valence-electron chi connectivity index (χ2n) is 6.36. The van der Waals surface area contributed by atoms with Crippen LogP contribution in [0.15, 0.2) is 40.8 Å². The van der Waals surface area contributed by atoms with Gasteiger partial charge < -0.3 is 14.9 Å². The molecular formula is C21H19I2NO4. The second-order valence-corrected chi connectivity index (χ2v) is 8.85. The lowest BCUT2D eigenvalue weighted by molar-refractivity contribution is -0.118. The number of hydrogen-bond donors (Lipinski definition) is 1. The van der Waals surface area contributed by atoms with E-state index in [2.05, 4.69) is 45.2 Å². The third-order valence-corrected chi connectivity index (χ3v) is 5.40. The normalized spacial score (nSPS) is 11.0. The van der Waals surface area contributed by atoms with Crippen molar-refractivity contribution in [1.82, 2.24) is 0 Å². The fourth-order valence-corrected chi connectivity index (χ4v) is 4.87. The molecule has 0 aliphatic rings. The Balaban J connectivity index is 2.09. The average molecular weight is 603 g/mol. The summed E-state index contributed by atoms with van der Waals surface area (Å²) in [7, 11) is 0. The number of hydrogen-bond acceptors (Lipinski definition) is 4. The first-order chi connectivity index (χ1) is 13.4. The van der Waals surface area contributed by atoms with Crippen molar-refractivity contribution in [2.75, 3.05) is 6.61 Å². The number of carbonyl (C=O) groups is 2. The van der Waals surface area contributed by atoms with Crippen LogP contribution in [0.4, 0.5) is 0 Å². The van der Waals surface area contributed by atoms with E-state index in [1.165, 1.54) is 0 Å². The lowest BCUT2D eigenvalue weighted by Gasteiger charge is -2.05. The van der Waals surface area contributed by atoms with E-state index in [-0.39, 0.29) is 18.6 Å². The molecule has 0 aliphatic heterocycles. The van der Waals surface area contributed by atoms with Gasteiger partial charge in [0.2, 0.25) is 5.91 Å². The highest BCUT2D eigenvalue weighted by Crippen LogP contribution is 2.32. The van der Waals surface area contributed by atoms with Crippen LogP contribution >= 0.6 is 45.2 Å². The summed E-state index contributed by atoms with van der Waals surface area (Å²) < 4.78 is 13.6. The lowest BCUT2D eigenvalue weighted by atomic mass is 9.98. The van der Waals surface area contributed by atoms with Crippen LogP contribution in [0.5, 0.6) is 5.75 Å². The number of primary amides is 1. The van der Waals surface area contributed by atoms with Gasteiger partial charge in [0.25, 0.3) is 0 Å². The molecule has 0 atom stereocenters. The molecule has 0 unspecified atom stereocenters. The summed E-state index contributed by atoms with van der Waals surface area (Å²) in [6.07, 6.45) is 1.29. The standard InChI is InChI=1S/C21H19I2NO4/c1-2-7-27-15-3-4-16-18(11-15)28-17(5-6-19(24)25)20(16)21(26)12-8-13(22)10-14(23)9-12/h3-4,8-11H,2,5-7H2,1H3,(H2,24,25). The summed E-state index contributed by atoms with van der Waals surface area (Å²) >= 11 is 4.39. The van der Waals surface area contributed by atoms with Crippen LogP contribution in [0.25, 0.3) is 11.0 Å². The minimum atomic E-state index is -0.436. The van der Waals surface area contributed by atoms with Gasteiger partial charge in [-0.3, -0.25) is 9.59 Å². The van der Waals surface area contributed by atoms with Crippen molar-refractivity contribution in [3.05, 3.63) is 60.4 Å². The Bertz CT molecular complexity index is 1020. The number of ether oxygens (including phenoxy) is 1. The van der Waals surface area contributed by atoms with Crippen LogP contribution in [0.3, 0.4) is 0 Å². The number of carbonyl (C=O) groups excluding carboxylic acids is 2. The van der Waals surface area contributed by atoms with E-state index in [0.29, 0.717) is 40.2 Å². The largest absolute Gasteiger partial charge is 0.493 e. The molecule has 0 saturated carbocycles. The Hall–Kier alpha value is -1.62. The molecule has 0 fully saturated rings. The molecule has 3 aromatic rings. The van der Waals surface area contributed by atoms with E-state index < -0.39 is 5.91 Å². The van der Waals surface area contributed by atoms with Crippen LogP contribution in [0, 0.1) is 7.14 Å². The monoisotopic (exact) mass is 603 g/mol. The number of nitrogens with two attached hydrogens (primary N) is 1. The van der Waals surface area contributed by atoms with Crippen molar-refractivity contribution in [3.63, 3.8) is 0 Å². The molecule has 2 N–H and O–H groups in total. The number of amides is 1. The topological polar surface area (TPSA) is 82.5 Å². The molecule has 3 rings (SSSR count). The Labute approximate surface area is 190 Å². The van der Waals surface area contributed by atoms with E-state index in [4.69, 9.17) is 14.9 Å². The average Bonchev–Trinajstić information content (AvgIpc) is 3.00. The summed E-state index contributed by atoms with van der Waals surface area (Å²) in [5.41, 5.74) is 6.94. The number of aryl methyl sites for hydroxylation is 1. The van der Waals surface area contributed by atoms with Crippen LogP contribution in [-0.4, -0.2) is 18.3 Å². The summed E-state index contributed by atoms with van der Waals surface area (Å²) in [6, 6.07) is 11.1. The fourth-order valence-electron chi connectivity index (χ4n) is 2.93. The van der Waals surface area contributed by atoms with Crippen molar-refractivity contribution in [1.29, 1.82) is 0 Å². The molecular weight excluding hydrogens is 584 g/mol. The molecule has 1 heterocycles. The number of halogens is 2. The summed E-state index contributed by atoms with van der Waals surface area (Å²) in [6.45, 7) is 2.64. The molecule has 146 valence electrons. The lowest BCUT2D eigenvalue weighted by Crippen LogP contribution is -2.12. The SMILES string of the molecule is CCCOc1ccc2c(C(=O)c3cc(I)cc(I)c3)c(CCC(N)=O)oc2c1. The Morgan fingerprint density at radius 2 is 1.82 bits per heavy atom. The third-order valence-electron chi connectivity index (χ3n) is 4.16. The van der Waals surface area contributed by atoms with E-state index in [9.17, 15) is 9.59 Å². The number of benzene rings is 2. The summed E-state index contributed by atoms with van der Waals surface area (Å²) in [5.74, 6) is 0.596. The predicted molar refractivity (Wildman–Crippen MR) is 125 cm³/mol. The molecule has 1 amide bonds. The van der Waals surface area contributed by atoms with Crippen molar-refractivity contribution in [3.8, 4) is 5.75 Å². The molecule has 28 heavy (non-hydrogen) atoms. The molecule has 5 nitrogen and oxygen atoms in total. The number of furan rings is 1. The molecule has 1 aromatic heterocycles. The van der Waals surface area contributed by atoms with Crippen LogP contribution in [-0.2, 0) is 11.2 Å². The van der Waals surface area contributed by atoms with Gasteiger partial charge in [0.15, 0.2) is 5.78 Å². The van der Waals surface area contributed by atoms with Crippen LogP contribution in [0.2, 0.25) is 0 Å². The van der Waals surface area contributed by atoms with Gasteiger partial charge in [-0.25, -0.2) is 0 Å². The van der Waals surface area contributed by atoms with Gasteiger partial charge >= 0.3 is 0 Å². The third kappa shape index (κ3) is 4.86. The maximum atomic E-state index is 13.3. The zero-order valence-electron chi connectivity index (χ0n) is 15.3. The Morgan fingerprint density at radius 3 is 2.46 bits per heavy atom. The molecule has 0 aliphatic carbocycles. The van der Waals surface area contributed by atoms with Gasteiger partial charge in [-0.2, -0.15) is 0 Å². The molecule has 7 heteroatoms. The second kappa shape index (κ2) is 9.25. The Morgan fingerprint density at radius 1 is 1.11 bits per heavy atom. The van der Waals surface area contributed by atoms with E-state index in [0.717, 1.165) is 13.6 Å². The minimum absolute atomic E-state index is 0.114. The molecule has 2 aromatic carbocycles. The van der Waals surface area contributed by atoms with Gasteiger partial charge in [-0.1, -0.05) is 6.92 Å². The first-order valence-corrected chi connectivity index (χ1v) is 11.0. The van der Waals surface area contributed by atoms with Crippen LogP contribution < -0.4 is 10.5 Å². The van der Waals surface area contributed by atoms with Gasteiger partial charge in [0.05, 0.1) is 12.2 Å². The molecule has 0 spiro atoms. The minimum Gasteiger partial charge on any atom is -0.493 e. The number of ketones is 1. The van der Waals surface area contributed by atoms with E-state index in [1.54, 1.807) is 6.07 Å². The Kier molecular flexibility index (Phi) is 6.97. The zero-order valence-corrected chi connectivity index (χ0v) is 19.6. The van der Waals surface area contributed by atoms with E-state index in [1.807, 2.05) is 37.3 Å². The van der Waals surface area contributed by atoms with Crippen molar-refractivity contribution in [2.45, 2.75) is 26.2 Å². The summed E-state index contributed by atoms with van der Waals surface area (Å²) in [4.78, 5) is 24.6. The van der Waals surface area contributed by atoms with Crippen LogP contribution in [0.1, 0.15) is 41.4 Å². The highest BCUT2D eigenvalue weighted by molar-refractivity contribution is 14.1. The first-order valence-electron chi connectivity index (χ1n) is 8.86. The maximum absolute atomic E-state index is 13.3. The smallest absolute Gasteiger partial charge is 0.217 e. The van der Waals surface area contributed by atoms with Crippen molar-refractivity contribution in [2.24, 2.45) is 5.73 Å².